The Labute approximate surface area is 298 Å². The minimum Gasteiger partial charge on any atom is -0.456 e. The van der Waals surface area contributed by atoms with Crippen molar-refractivity contribution in [1.82, 2.24) is 0 Å². The summed E-state index contributed by atoms with van der Waals surface area (Å²) in [5, 5.41) is 7.44. The SMILES string of the molecule is Bc1c(B)c(B)c(-c2ccc3oc4ccc(-c5c6ccccc6c(-c6c(B)c(B)c(B)c(B)c6B)c6ccccc56)cc4c3c2)c(B)c1B. The molecule has 222 valence electrons. The maximum Gasteiger partial charge on any atom is 0.139 e. The van der Waals surface area contributed by atoms with Crippen LogP contribution in [0.15, 0.2) is 89.3 Å². The molecule has 0 radical (unpaired) electrons. The minimum atomic E-state index is 0.919. The molecule has 0 saturated heterocycles. The molecule has 8 rings (SSSR count). The highest BCUT2D eigenvalue weighted by molar-refractivity contribution is 6.70. The summed E-state index contributed by atoms with van der Waals surface area (Å²) in [6.45, 7) is 0. The van der Waals surface area contributed by atoms with Gasteiger partial charge in [0.15, 0.2) is 0 Å². The average Bonchev–Trinajstić information content (AvgIpc) is 3.48. The minimum absolute atomic E-state index is 0.919. The monoisotopic (exact) mass is 616 g/mol. The predicted molar refractivity (Wildman–Crippen MR) is 247 cm³/mol. The Morgan fingerprint density at radius 1 is 0.286 bits per heavy atom. The highest BCUT2D eigenvalue weighted by Crippen LogP contribution is 2.44. The number of rotatable bonds is 3. The van der Waals surface area contributed by atoms with Crippen molar-refractivity contribution in [2.75, 3.05) is 0 Å². The van der Waals surface area contributed by atoms with Crippen molar-refractivity contribution in [3.05, 3.63) is 84.9 Å². The molecule has 0 unspecified atom stereocenters. The van der Waals surface area contributed by atoms with Crippen LogP contribution in [0.25, 0.3) is 76.9 Å². The highest BCUT2D eigenvalue weighted by Gasteiger charge is 2.22. The second-order valence-corrected chi connectivity index (χ2v) is 14.4. The molecule has 49 heavy (non-hydrogen) atoms. The lowest BCUT2D eigenvalue weighted by atomic mass is 9.59. The van der Waals surface area contributed by atoms with Crippen molar-refractivity contribution < 1.29 is 4.42 Å². The van der Waals surface area contributed by atoms with Crippen LogP contribution in [0.3, 0.4) is 0 Å². The van der Waals surface area contributed by atoms with E-state index in [1.807, 2.05) is 0 Å². The van der Waals surface area contributed by atoms with Gasteiger partial charge in [-0.15, -0.1) is 32.8 Å². The van der Waals surface area contributed by atoms with Gasteiger partial charge in [-0.05, 0) is 79.2 Å². The van der Waals surface area contributed by atoms with Crippen LogP contribution >= 0.6 is 0 Å². The normalized spacial score (nSPS) is 11.7. The third-order valence-electron chi connectivity index (χ3n) is 12.2. The number of fused-ring (bicyclic) bond motifs is 5. The van der Waals surface area contributed by atoms with Crippen molar-refractivity contribution in [2.24, 2.45) is 0 Å². The molecule has 1 heterocycles. The van der Waals surface area contributed by atoms with Crippen LogP contribution in [0.1, 0.15) is 0 Å². The average molecular weight is 615 g/mol. The van der Waals surface area contributed by atoms with Gasteiger partial charge < -0.3 is 4.42 Å². The summed E-state index contributed by atoms with van der Waals surface area (Å²) in [5.41, 5.74) is 23.4. The van der Waals surface area contributed by atoms with E-state index in [4.69, 9.17) is 4.42 Å². The second-order valence-electron chi connectivity index (χ2n) is 14.4. The van der Waals surface area contributed by atoms with Crippen molar-refractivity contribution >= 4 is 177 Å². The lowest BCUT2D eigenvalue weighted by Gasteiger charge is -2.24. The van der Waals surface area contributed by atoms with E-state index in [2.05, 4.69) is 163 Å². The molecule has 0 aliphatic heterocycles. The van der Waals surface area contributed by atoms with Crippen molar-refractivity contribution in [3.63, 3.8) is 0 Å². The molecule has 0 aliphatic rings. The van der Waals surface area contributed by atoms with E-state index in [1.165, 1.54) is 110 Å². The number of furan rings is 1. The molecule has 11 heteroatoms. The number of benzene rings is 7. The quantitative estimate of drug-likeness (QED) is 0.143. The zero-order valence-electron chi connectivity index (χ0n) is 30.5. The van der Waals surface area contributed by atoms with Gasteiger partial charge in [0.05, 0.1) is 0 Å². The largest absolute Gasteiger partial charge is 0.456 e. The predicted octanol–water partition coefficient (Wildman–Crippen LogP) is -6.52. The zero-order chi connectivity index (χ0) is 34.5. The maximum absolute atomic E-state index is 6.47. The Balaban J connectivity index is 1.42. The molecule has 0 saturated carbocycles. The molecule has 0 spiro atoms. The standard InChI is InChI=1S/C38H34B10O/c39-29-26(30(40)34(44)37(47)33(29)43)16-10-12-24-22(14-16)21-13-15(9-11-23(21)49-24)25-17-5-1-3-7-19(17)27(20-8-4-2-6-18(20)25)28-31(41)35(45)38(48)36(46)32(28)42/h1-14H,39-48H2. The molecule has 1 aromatic heterocycles. The molecule has 1 nitrogen and oxygen atoms in total. The fourth-order valence-corrected chi connectivity index (χ4v) is 8.61. The van der Waals surface area contributed by atoms with E-state index in [1.54, 1.807) is 0 Å². The third kappa shape index (κ3) is 4.61. The molecule has 0 N–H and O–H groups in total. The van der Waals surface area contributed by atoms with Crippen LogP contribution in [0, 0.1) is 0 Å². The molecule has 7 aromatic carbocycles. The van der Waals surface area contributed by atoms with Gasteiger partial charge in [0.1, 0.15) is 89.6 Å². The van der Waals surface area contributed by atoms with Crippen molar-refractivity contribution in [3.8, 4) is 33.4 Å². The van der Waals surface area contributed by atoms with Crippen LogP contribution in [-0.2, 0) is 0 Å². The van der Waals surface area contributed by atoms with Gasteiger partial charge in [-0.2, -0.15) is 0 Å². The van der Waals surface area contributed by atoms with Gasteiger partial charge in [0.25, 0.3) is 0 Å². The summed E-state index contributed by atoms with van der Waals surface area (Å²) in [7, 11) is 22.7. The van der Waals surface area contributed by atoms with Gasteiger partial charge in [0, 0.05) is 10.8 Å². The molecular formula is C38H34B10O. The van der Waals surface area contributed by atoms with Gasteiger partial charge in [-0.3, -0.25) is 0 Å². The van der Waals surface area contributed by atoms with Crippen LogP contribution in [0.5, 0.6) is 0 Å². The lowest BCUT2D eigenvalue weighted by molar-refractivity contribution is 0.669. The number of hydrogen-bond acceptors (Lipinski definition) is 1. The first-order chi connectivity index (χ1) is 23.5. The first kappa shape index (κ1) is 31.8. The highest BCUT2D eigenvalue weighted by atomic mass is 16.3. The van der Waals surface area contributed by atoms with Gasteiger partial charge in [0.2, 0.25) is 0 Å². The Hall–Kier alpha value is -4.49. The molecule has 0 aliphatic carbocycles. The molecule has 0 amide bonds. The Kier molecular flexibility index (Phi) is 7.49. The van der Waals surface area contributed by atoms with Crippen LogP contribution < -0.4 is 54.6 Å². The Morgan fingerprint density at radius 3 is 1.02 bits per heavy atom. The fraction of sp³-hybridized carbons (Fsp3) is 0. The second kappa shape index (κ2) is 11.5. The summed E-state index contributed by atoms with van der Waals surface area (Å²) in [5.74, 6) is 0. The lowest BCUT2D eigenvalue weighted by Crippen LogP contribution is -2.55. The molecular weight excluding hydrogens is 581 g/mol. The van der Waals surface area contributed by atoms with E-state index in [9.17, 15) is 0 Å². The summed E-state index contributed by atoms with van der Waals surface area (Å²) in [4.78, 5) is 0. The van der Waals surface area contributed by atoms with E-state index in [0.717, 1.165) is 21.9 Å². The van der Waals surface area contributed by atoms with E-state index >= 15 is 0 Å². The van der Waals surface area contributed by atoms with E-state index < -0.39 is 0 Å². The first-order valence-corrected chi connectivity index (χ1v) is 17.5. The smallest absolute Gasteiger partial charge is 0.139 e. The summed E-state index contributed by atoms with van der Waals surface area (Å²) < 4.78 is 6.47. The molecule has 0 fully saturated rings. The van der Waals surface area contributed by atoms with Crippen LogP contribution in [0.2, 0.25) is 0 Å². The van der Waals surface area contributed by atoms with Crippen LogP contribution in [0.4, 0.5) is 0 Å². The van der Waals surface area contributed by atoms with Crippen LogP contribution in [-0.4, -0.2) is 78.5 Å². The topological polar surface area (TPSA) is 13.1 Å². The van der Waals surface area contributed by atoms with Gasteiger partial charge in [-0.25, -0.2) is 0 Å². The Bertz CT molecular complexity index is 2620. The van der Waals surface area contributed by atoms with Gasteiger partial charge >= 0.3 is 0 Å². The Morgan fingerprint density at radius 2 is 0.612 bits per heavy atom. The van der Waals surface area contributed by atoms with E-state index in [0.29, 0.717) is 0 Å². The first-order valence-electron chi connectivity index (χ1n) is 17.5. The van der Waals surface area contributed by atoms with Gasteiger partial charge in [-0.1, -0.05) is 82.5 Å². The maximum atomic E-state index is 6.47. The van der Waals surface area contributed by atoms with Crippen molar-refractivity contribution in [1.29, 1.82) is 0 Å². The summed E-state index contributed by atoms with van der Waals surface area (Å²) >= 11 is 0. The third-order valence-corrected chi connectivity index (χ3v) is 12.2. The van der Waals surface area contributed by atoms with Crippen molar-refractivity contribution in [2.45, 2.75) is 0 Å². The molecule has 0 atom stereocenters. The fourth-order valence-electron chi connectivity index (χ4n) is 8.61. The summed E-state index contributed by atoms with van der Waals surface area (Å²) in [6, 6.07) is 31.5. The van der Waals surface area contributed by atoms with E-state index in [-0.39, 0.29) is 0 Å². The summed E-state index contributed by atoms with van der Waals surface area (Å²) in [6.07, 6.45) is 0. The number of hydrogen-bond donors (Lipinski definition) is 0. The zero-order valence-corrected chi connectivity index (χ0v) is 30.5. The molecule has 8 aromatic rings. The molecule has 0 bridgehead atoms.